The molecule has 1 aliphatic rings. The van der Waals surface area contributed by atoms with Crippen LogP contribution in [-0.2, 0) is 16.2 Å². The van der Waals surface area contributed by atoms with Gasteiger partial charge >= 0.3 is 0 Å². The van der Waals surface area contributed by atoms with Crippen molar-refractivity contribution in [3.8, 4) is 11.5 Å². The maximum absolute atomic E-state index is 13.2. The van der Waals surface area contributed by atoms with Crippen LogP contribution in [0.2, 0.25) is 0 Å². The van der Waals surface area contributed by atoms with Crippen LogP contribution in [0.25, 0.3) is 6.08 Å². The molecule has 0 saturated carbocycles. The van der Waals surface area contributed by atoms with Gasteiger partial charge in [-0.15, -0.1) is 0 Å². The van der Waals surface area contributed by atoms with Crippen LogP contribution in [-0.4, -0.2) is 28.5 Å². The Labute approximate surface area is 212 Å². The van der Waals surface area contributed by atoms with Gasteiger partial charge in [0.2, 0.25) is 0 Å². The summed E-state index contributed by atoms with van der Waals surface area (Å²) in [5.74, 6) is -0.253. The molecule has 3 aromatic carbocycles. The van der Waals surface area contributed by atoms with E-state index in [2.05, 4.69) is 5.32 Å². The number of ether oxygens (including phenoxy) is 2. The molecule has 1 heterocycles. The highest BCUT2D eigenvalue weighted by atomic mass is 32.1. The molecule has 1 fully saturated rings. The van der Waals surface area contributed by atoms with Crippen LogP contribution < -0.4 is 19.7 Å². The van der Waals surface area contributed by atoms with Crippen molar-refractivity contribution in [3.63, 3.8) is 0 Å². The standard InChI is InChI=1S/C26H21N3O6S/c1-2-34-23-15-18(10-13-22(23)35-16-17-8-11-20(12-9-17)29(32)33)14-21-24(30)27-26(36)28(25(21)31)19-6-4-3-5-7-19/h3-15H,2,16H2,1H3,(H,27,30,36). The van der Waals surface area contributed by atoms with E-state index in [-0.39, 0.29) is 23.0 Å². The van der Waals surface area contributed by atoms with Crippen molar-refractivity contribution < 1.29 is 24.0 Å². The Hall–Kier alpha value is -4.57. The zero-order chi connectivity index (χ0) is 25.7. The van der Waals surface area contributed by atoms with E-state index in [0.717, 1.165) is 5.56 Å². The number of hydrogen-bond donors (Lipinski definition) is 1. The predicted molar refractivity (Wildman–Crippen MR) is 138 cm³/mol. The van der Waals surface area contributed by atoms with Crippen LogP contribution in [0, 0.1) is 10.1 Å². The number of rotatable bonds is 8. The number of para-hydroxylation sites is 1. The first-order valence-corrected chi connectivity index (χ1v) is 11.4. The summed E-state index contributed by atoms with van der Waals surface area (Å²) >= 11 is 5.22. The van der Waals surface area contributed by atoms with Gasteiger partial charge in [-0.2, -0.15) is 0 Å². The number of nitrogens with zero attached hydrogens (tertiary/aromatic N) is 2. The van der Waals surface area contributed by atoms with Crippen LogP contribution in [0.5, 0.6) is 11.5 Å². The average molecular weight is 504 g/mol. The number of nitro groups is 1. The topological polar surface area (TPSA) is 111 Å². The number of non-ortho nitro benzene ring substituents is 1. The largest absolute Gasteiger partial charge is 0.490 e. The Kier molecular flexibility index (Phi) is 7.36. The van der Waals surface area contributed by atoms with Crippen LogP contribution in [0.4, 0.5) is 11.4 Å². The lowest BCUT2D eigenvalue weighted by Gasteiger charge is -2.28. The zero-order valence-electron chi connectivity index (χ0n) is 19.2. The van der Waals surface area contributed by atoms with Gasteiger partial charge in [0.25, 0.3) is 17.5 Å². The molecule has 1 aliphatic heterocycles. The summed E-state index contributed by atoms with van der Waals surface area (Å²) < 4.78 is 11.6. The molecule has 0 aromatic heterocycles. The lowest BCUT2D eigenvalue weighted by atomic mass is 10.1. The molecule has 3 aromatic rings. The van der Waals surface area contributed by atoms with Gasteiger partial charge in [0.1, 0.15) is 12.2 Å². The normalized spacial score (nSPS) is 14.5. The number of thiocarbonyl (C=S) groups is 1. The fourth-order valence-electron chi connectivity index (χ4n) is 3.51. The van der Waals surface area contributed by atoms with Crippen molar-refractivity contribution in [3.05, 3.63) is 99.6 Å². The molecule has 1 N–H and O–H groups in total. The van der Waals surface area contributed by atoms with Gasteiger partial charge in [0.05, 0.1) is 17.2 Å². The number of benzene rings is 3. The Morgan fingerprint density at radius 3 is 2.39 bits per heavy atom. The SMILES string of the molecule is CCOc1cc(C=C2C(=O)NC(=S)N(c3ccccc3)C2=O)ccc1OCc1ccc([N+](=O)[O-])cc1. The monoisotopic (exact) mass is 503 g/mol. The van der Waals surface area contributed by atoms with Gasteiger partial charge in [-0.1, -0.05) is 24.3 Å². The van der Waals surface area contributed by atoms with Crippen molar-refractivity contribution in [1.82, 2.24) is 5.32 Å². The minimum Gasteiger partial charge on any atom is -0.490 e. The zero-order valence-corrected chi connectivity index (χ0v) is 20.0. The second-order valence-corrected chi connectivity index (χ2v) is 8.03. The van der Waals surface area contributed by atoms with E-state index in [9.17, 15) is 19.7 Å². The van der Waals surface area contributed by atoms with Gasteiger partial charge < -0.3 is 9.47 Å². The second kappa shape index (κ2) is 10.8. The minimum atomic E-state index is -0.589. The first-order valence-electron chi connectivity index (χ1n) is 11.0. The molecule has 0 atom stereocenters. The van der Waals surface area contributed by atoms with E-state index in [1.165, 1.54) is 23.1 Å². The predicted octanol–water partition coefficient (Wildman–Crippen LogP) is 4.40. The third kappa shape index (κ3) is 5.39. The summed E-state index contributed by atoms with van der Waals surface area (Å²) in [6.07, 6.45) is 1.47. The van der Waals surface area contributed by atoms with Crippen molar-refractivity contribution in [1.29, 1.82) is 0 Å². The third-order valence-electron chi connectivity index (χ3n) is 5.24. The van der Waals surface area contributed by atoms with Crippen molar-refractivity contribution >= 4 is 46.6 Å². The minimum absolute atomic E-state index is 0.000894. The molecular weight excluding hydrogens is 482 g/mol. The van der Waals surface area contributed by atoms with Crippen LogP contribution in [0.15, 0.2) is 78.4 Å². The van der Waals surface area contributed by atoms with Gasteiger partial charge in [0.15, 0.2) is 16.6 Å². The Bertz CT molecular complexity index is 1360. The summed E-state index contributed by atoms with van der Waals surface area (Å²) in [4.78, 5) is 37.4. The Balaban J connectivity index is 1.57. The van der Waals surface area contributed by atoms with Crippen molar-refractivity contribution in [2.24, 2.45) is 0 Å². The number of carbonyl (C=O) groups is 2. The number of nitro benzene ring substituents is 1. The average Bonchev–Trinajstić information content (AvgIpc) is 2.87. The fourth-order valence-corrected chi connectivity index (χ4v) is 3.79. The summed E-state index contributed by atoms with van der Waals surface area (Å²) in [6, 6.07) is 19.9. The number of hydrogen-bond acceptors (Lipinski definition) is 7. The molecule has 2 amide bonds. The van der Waals surface area contributed by atoms with Crippen molar-refractivity contribution in [2.75, 3.05) is 11.5 Å². The molecule has 0 aliphatic carbocycles. The van der Waals surface area contributed by atoms with Gasteiger partial charge in [-0.05, 0) is 72.7 Å². The molecule has 0 bridgehead atoms. The van der Waals surface area contributed by atoms with Gasteiger partial charge in [-0.3, -0.25) is 29.9 Å². The van der Waals surface area contributed by atoms with Crippen molar-refractivity contribution in [2.45, 2.75) is 13.5 Å². The first-order chi connectivity index (χ1) is 17.4. The molecule has 4 rings (SSSR count). The molecule has 36 heavy (non-hydrogen) atoms. The second-order valence-electron chi connectivity index (χ2n) is 7.64. The molecule has 0 spiro atoms. The highest BCUT2D eigenvalue weighted by Gasteiger charge is 2.34. The lowest BCUT2D eigenvalue weighted by molar-refractivity contribution is -0.384. The quantitative estimate of drug-likeness (QED) is 0.159. The van der Waals surface area contributed by atoms with Crippen LogP contribution in [0.3, 0.4) is 0 Å². The third-order valence-corrected chi connectivity index (χ3v) is 5.52. The molecule has 1 saturated heterocycles. The van der Waals surface area contributed by atoms with Gasteiger partial charge in [-0.25, -0.2) is 0 Å². The summed E-state index contributed by atoms with van der Waals surface area (Å²) in [7, 11) is 0. The lowest BCUT2D eigenvalue weighted by Crippen LogP contribution is -2.54. The number of anilines is 1. The van der Waals surface area contributed by atoms with E-state index in [1.54, 1.807) is 54.6 Å². The molecule has 0 radical (unpaired) electrons. The van der Waals surface area contributed by atoms with Crippen LogP contribution in [0.1, 0.15) is 18.1 Å². The summed E-state index contributed by atoms with van der Waals surface area (Å²) in [5, 5.41) is 13.4. The molecular formula is C26H21N3O6S. The molecule has 0 unspecified atom stereocenters. The first kappa shape index (κ1) is 24.6. The fraction of sp³-hybridized carbons (Fsp3) is 0.115. The number of carbonyl (C=O) groups excluding carboxylic acids is 2. The van der Waals surface area contributed by atoms with Crippen LogP contribution >= 0.6 is 12.2 Å². The van der Waals surface area contributed by atoms with E-state index >= 15 is 0 Å². The van der Waals surface area contributed by atoms with E-state index in [0.29, 0.717) is 29.4 Å². The maximum atomic E-state index is 13.2. The Morgan fingerprint density at radius 2 is 1.72 bits per heavy atom. The molecule has 9 nitrogen and oxygen atoms in total. The summed E-state index contributed by atoms with van der Waals surface area (Å²) in [6.45, 7) is 2.36. The van der Waals surface area contributed by atoms with E-state index < -0.39 is 16.7 Å². The Morgan fingerprint density at radius 1 is 1.00 bits per heavy atom. The van der Waals surface area contributed by atoms with Gasteiger partial charge in [0, 0.05) is 12.1 Å². The number of amides is 2. The number of nitrogens with one attached hydrogen (secondary N) is 1. The molecule has 10 heteroatoms. The highest BCUT2D eigenvalue weighted by Crippen LogP contribution is 2.31. The summed E-state index contributed by atoms with van der Waals surface area (Å²) in [5.41, 5.74) is 1.77. The smallest absolute Gasteiger partial charge is 0.270 e. The van der Waals surface area contributed by atoms with E-state index in [4.69, 9.17) is 21.7 Å². The van der Waals surface area contributed by atoms with E-state index in [1.807, 2.05) is 13.0 Å². The highest BCUT2D eigenvalue weighted by molar-refractivity contribution is 7.80. The maximum Gasteiger partial charge on any atom is 0.270 e. The molecule has 182 valence electrons.